The third-order valence-corrected chi connectivity index (χ3v) is 5.96. The standard InChI is InChI=1S/C21H23ClN2O4S/c1-27-18-12-19(28-2)17(11-16(18)22)24-13-14(10-20(24)25)21(26)23-8-9-29-15-6-4-3-5-7-15/h3-7,11-12,14H,8-10,13H2,1-2H3,(H,23,26)/t14-/m0/s1. The fourth-order valence-corrected chi connectivity index (χ4v) is 4.20. The lowest BCUT2D eigenvalue weighted by Crippen LogP contribution is -2.34. The van der Waals surface area contributed by atoms with Gasteiger partial charge in [0.25, 0.3) is 0 Å². The van der Waals surface area contributed by atoms with Gasteiger partial charge < -0.3 is 19.7 Å². The van der Waals surface area contributed by atoms with Gasteiger partial charge in [-0.15, -0.1) is 11.8 Å². The Kier molecular flexibility index (Phi) is 7.28. The minimum atomic E-state index is -0.408. The molecule has 2 amide bonds. The Balaban J connectivity index is 1.58. The fourth-order valence-electron chi connectivity index (χ4n) is 3.18. The van der Waals surface area contributed by atoms with Crippen molar-refractivity contribution in [3.8, 4) is 11.5 Å². The molecule has 1 heterocycles. The van der Waals surface area contributed by atoms with E-state index in [1.54, 1.807) is 28.8 Å². The molecule has 154 valence electrons. The van der Waals surface area contributed by atoms with E-state index in [2.05, 4.69) is 5.32 Å². The highest BCUT2D eigenvalue weighted by atomic mass is 35.5. The summed E-state index contributed by atoms with van der Waals surface area (Å²) in [5.74, 6) is 1.04. The number of nitrogens with zero attached hydrogens (tertiary/aromatic N) is 1. The number of hydrogen-bond acceptors (Lipinski definition) is 5. The molecular weight excluding hydrogens is 412 g/mol. The van der Waals surface area contributed by atoms with Gasteiger partial charge in [0, 0.05) is 36.2 Å². The van der Waals surface area contributed by atoms with Gasteiger partial charge in [-0.1, -0.05) is 29.8 Å². The number of carbonyl (C=O) groups is 2. The molecule has 3 rings (SSSR count). The van der Waals surface area contributed by atoms with Gasteiger partial charge in [-0.3, -0.25) is 9.59 Å². The van der Waals surface area contributed by atoms with Gasteiger partial charge in [0.15, 0.2) is 0 Å². The first kappa shape index (κ1) is 21.3. The van der Waals surface area contributed by atoms with Crippen LogP contribution in [-0.4, -0.2) is 44.9 Å². The van der Waals surface area contributed by atoms with Crippen LogP contribution in [0.2, 0.25) is 5.02 Å². The van der Waals surface area contributed by atoms with Crippen LogP contribution in [0.4, 0.5) is 5.69 Å². The number of anilines is 1. The monoisotopic (exact) mass is 434 g/mol. The second-order valence-electron chi connectivity index (χ2n) is 6.52. The Hall–Kier alpha value is -2.38. The number of nitrogens with one attached hydrogen (secondary N) is 1. The van der Waals surface area contributed by atoms with Crippen LogP contribution < -0.4 is 19.7 Å². The van der Waals surface area contributed by atoms with E-state index in [4.69, 9.17) is 21.1 Å². The SMILES string of the molecule is COc1cc(OC)c(N2C[C@@H](C(=O)NCCSc3ccccc3)CC2=O)cc1Cl. The van der Waals surface area contributed by atoms with Crippen LogP contribution in [0.25, 0.3) is 0 Å². The highest BCUT2D eigenvalue weighted by Gasteiger charge is 2.36. The Morgan fingerprint density at radius 3 is 2.62 bits per heavy atom. The summed E-state index contributed by atoms with van der Waals surface area (Å²) in [6, 6.07) is 13.3. The number of methoxy groups -OCH3 is 2. The minimum Gasteiger partial charge on any atom is -0.495 e. The van der Waals surface area contributed by atoms with Gasteiger partial charge in [0.2, 0.25) is 11.8 Å². The second kappa shape index (κ2) is 9.89. The molecule has 1 atom stereocenters. The highest BCUT2D eigenvalue weighted by Crippen LogP contribution is 2.40. The Bertz CT molecular complexity index is 878. The van der Waals surface area contributed by atoms with E-state index in [9.17, 15) is 9.59 Å². The number of carbonyl (C=O) groups excluding carboxylic acids is 2. The number of hydrogen-bond donors (Lipinski definition) is 1. The van der Waals surface area contributed by atoms with Crippen molar-refractivity contribution in [2.24, 2.45) is 5.92 Å². The molecule has 8 heteroatoms. The maximum atomic E-state index is 12.6. The van der Waals surface area contributed by atoms with Gasteiger partial charge in [-0.05, 0) is 18.2 Å². The third-order valence-electron chi connectivity index (χ3n) is 4.65. The molecule has 1 aliphatic heterocycles. The van der Waals surface area contributed by atoms with Gasteiger partial charge in [0.1, 0.15) is 11.5 Å². The van der Waals surface area contributed by atoms with Crippen LogP contribution in [0, 0.1) is 5.92 Å². The van der Waals surface area contributed by atoms with E-state index < -0.39 is 5.92 Å². The van der Waals surface area contributed by atoms with Crippen molar-refractivity contribution < 1.29 is 19.1 Å². The molecule has 0 radical (unpaired) electrons. The number of benzene rings is 2. The molecule has 1 saturated heterocycles. The molecule has 2 aromatic rings. The van der Waals surface area contributed by atoms with Crippen LogP contribution in [0.1, 0.15) is 6.42 Å². The smallest absolute Gasteiger partial charge is 0.227 e. The molecule has 1 aliphatic rings. The summed E-state index contributed by atoms with van der Waals surface area (Å²) in [4.78, 5) is 27.8. The van der Waals surface area contributed by atoms with Crippen LogP contribution in [0.15, 0.2) is 47.4 Å². The van der Waals surface area contributed by atoms with Crippen molar-refractivity contribution in [1.29, 1.82) is 0 Å². The van der Waals surface area contributed by atoms with E-state index in [-0.39, 0.29) is 24.8 Å². The molecule has 0 unspecified atom stereocenters. The summed E-state index contributed by atoms with van der Waals surface area (Å²) in [6.45, 7) is 0.830. The van der Waals surface area contributed by atoms with E-state index in [0.717, 1.165) is 10.6 Å². The van der Waals surface area contributed by atoms with Crippen LogP contribution in [-0.2, 0) is 9.59 Å². The maximum Gasteiger partial charge on any atom is 0.227 e. The normalized spacial score (nSPS) is 16.0. The summed E-state index contributed by atoms with van der Waals surface area (Å²) < 4.78 is 10.6. The summed E-state index contributed by atoms with van der Waals surface area (Å²) >= 11 is 7.90. The molecule has 0 saturated carbocycles. The van der Waals surface area contributed by atoms with Crippen molar-refractivity contribution in [3.63, 3.8) is 0 Å². The van der Waals surface area contributed by atoms with Crippen LogP contribution in [0.5, 0.6) is 11.5 Å². The fraction of sp³-hybridized carbons (Fsp3) is 0.333. The van der Waals surface area contributed by atoms with Crippen molar-refractivity contribution in [1.82, 2.24) is 5.32 Å². The number of ether oxygens (including phenoxy) is 2. The number of rotatable bonds is 8. The lowest BCUT2D eigenvalue weighted by molar-refractivity contribution is -0.126. The van der Waals surface area contributed by atoms with E-state index in [1.165, 1.54) is 14.2 Å². The van der Waals surface area contributed by atoms with Crippen molar-refractivity contribution in [3.05, 3.63) is 47.5 Å². The molecule has 2 aromatic carbocycles. The minimum absolute atomic E-state index is 0.118. The van der Waals surface area contributed by atoms with Gasteiger partial charge in [-0.25, -0.2) is 0 Å². The van der Waals surface area contributed by atoms with E-state index >= 15 is 0 Å². The number of thioether (sulfide) groups is 1. The van der Waals surface area contributed by atoms with Crippen molar-refractivity contribution in [2.45, 2.75) is 11.3 Å². The van der Waals surface area contributed by atoms with Gasteiger partial charge in [-0.2, -0.15) is 0 Å². The van der Waals surface area contributed by atoms with Crippen LogP contribution >= 0.6 is 23.4 Å². The topological polar surface area (TPSA) is 67.9 Å². The first-order valence-corrected chi connectivity index (χ1v) is 10.6. The molecule has 0 aromatic heterocycles. The molecule has 0 bridgehead atoms. The lowest BCUT2D eigenvalue weighted by atomic mass is 10.1. The van der Waals surface area contributed by atoms with Crippen molar-refractivity contribution >= 4 is 40.9 Å². The predicted molar refractivity (Wildman–Crippen MR) is 115 cm³/mol. The summed E-state index contributed by atoms with van der Waals surface area (Å²) in [6.07, 6.45) is 0.157. The molecule has 1 N–H and O–H groups in total. The number of halogens is 1. The van der Waals surface area contributed by atoms with Crippen LogP contribution in [0.3, 0.4) is 0 Å². The summed E-state index contributed by atoms with van der Waals surface area (Å²) in [7, 11) is 3.03. The van der Waals surface area contributed by atoms with Gasteiger partial charge in [0.05, 0.1) is 30.8 Å². The molecular formula is C21H23ClN2O4S. The van der Waals surface area contributed by atoms with Gasteiger partial charge >= 0.3 is 0 Å². The average Bonchev–Trinajstić information content (AvgIpc) is 3.13. The third kappa shape index (κ3) is 5.16. The second-order valence-corrected chi connectivity index (χ2v) is 8.09. The molecule has 0 aliphatic carbocycles. The Morgan fingerprint density at radius 1 is 1.21 bits per heavy atom. The zero-order chi connectivity index (χ0) is 20.8. The summed E-state index contributed by atoms with van der Waals surface area (Å²) in [5, 5.41) is 3.31. The van der Waals surface area contributed by atoms with E-state index in [1.807, 2.05) is 30.3 Å². The molecule has 0 spiro atoms. The summed E-state index contributed by atoms with van der Waals surface area (Å²) in [5.41, 5.74) is 0.540. The lowest BCUT2D eigenvalue weighted by Gasteiger charge is -2.21. The molecule has 1 fully saturated rings. The van der Waals surface area contributed by atoms with E-state index in [0.29, 0.717) is 28.8 Å². The first-order chi connectivity index (χ1) is 14.0. The largest absolute Gasteiger partial charge is 0.495 e. The average molecular weight is 435 g/mol. The molecule has 29 heavy (non-hydrogen) atoms. The quantitative estimate of drug-likeness (QED) is 0.507. The Morgan fingerprint density at radius 2 is 1.93 bits per heavy atom. The molecule has 6 nitrogen and oxygen atoms in total. The zero-order valence-electron chi connectivity index (χ0n) is 16.3. The number of amides is 2. The maximum absolute atomic E-state index is 12.6. The first-order valence-electron chi connectivity index (χ1n) is 9.21. The zero-order valence-corrected chi connectivity index (χ0v) is 17.9. The Labute approximate surface area is 179 Å². The highest BCUT2D eigenvalue weighted by molar-refractivity contribution is 7.99. The predicted octanol–water partition coefficient (Wildman–Crippen LogP) is 3.62. The van der Waals surface area contributed by atoms with Crippen molar-refractivity contribution in [2.75, 3.05) is 38.0 Å².